The number of aromatic nitrogens is 3. The minimum Gasteiger partial charge on any atom is -0.368 e. The molecular weight excluding hydrogens is 492 g/mol. The van der Waals surface area contributed by atoms with Gasteiger partial charge in [0.25, 0.3) is 0 Å². The predicted octanol–water partition coefficient (Wildman–Crippen LogP) is 5.50. The molecule has 2 aromatic heterocycles. The molecule has 0 radical (unpaired) electrons. The van der Waals surface area contributed by atoms with Gasteiger partial charge in [-0.15, -0.1) is 0 Å². The second kappa shape index (κ2) is 10.7. The molecule has 2 heterocycles. The number of benzene rings is 1. The Kier molecular flexibility index (Phi) is 7.85. The molecule has 0 bridgehead atoms. The van der Waals surface area contributed by atoms with Gasteiger partial charge in [-0.2, -0.15) is 26.3 Å². The van der Waals surface area contributed by atoms with Crippen LogP contribution in [0.15, 0.2) is 42.6 Å². The zero-order valence-electron chi connectivity index (χ0n) is 19.0. The largest absolute Gasteiger partial charge is 0.416 e. The van der Waals surface area contributed by atoms with E-state index in [1.54, 1.807) is 19.2 Å². The molecule has 2 amide bonds. The van der Waals surface area contributed by atoms with Crippen LogP contribution >= 0.6 is 0 Å². The number of anilines is 4. The zero-order chi connectivity index (χ0) is 26.5. The highest BCUT2D eigenvalue weighted by Gasteiger charge is 2.37. The Labute approximate surface area is 201 Å². The molecule has 14 heteroatoms. The van der Waals surface area contributed by atoms with Crippen LogP contribution in [-0.4, -0.2) is 34.1 Å². The Balaban J connectivity index is 1.56. The molecule has 192 valence electrons. The van der Waals surface area contributed by atoms with Crippen molar-refractivity contribution < 1.29 is 31.1 Å². The summed E-state index contributed by atoms with van der Waals surface area (Å²) in [6.45, 7) is 3.73. The Hall–Kier alpha value is -4.10. The van der Waals surface area contributed by atoms with Crippen molar-refractivity contribution in [2.45, 2.75) is 26.2 Å². The smallest absolute Gasteiger partial charge is 0.368 e. The van der Waals surface area contributed by atoms with Crippen molar-refractivity contribution in [1.29, 1.82) is 0 Å². The van der Waals surface area contributed by atoms with Crippen LogP contribution in [-0.2, 0) is 12.4 Å². The first-order valence-corrected chi connectivity index (χ1v) is 10.4. The standard InChI is InChI=1S/C22H21F6N7O/c1-12-3-4-29-17(7-12)35-19-11-18(32-13(2)33-19)30-5-6-31-20(36)34-16-9-14(21(23,24)25)8-15(10-16)22(26,27)28/h3-4,7-11H,5-6H2,1-2H3,(H2,31,34,36)(H2,29,30,32,33,35). The number of halogens is 6. The lowest BCUT2D eigenvalue weighted by Crippen LogP contribution is -2.33. The zero-order valence-corrected chi connectivity index (χ0v) is 19.0. The van der Waals surface area contributed by atoms with Gasteiger partial charge in [-0.3, -0.25) is 0 Å². The number of pyridine rings is 1. The van der Waals surface area contributed by atoms with Crippen LogP contribution in [0.25, 0.3) is 0 Å². The lowest BCUT2D eigenvalue weighted by molar-refractivity contribution is -0.143. The minimum absolute atomic E-state index is 0.0117. The maximum Gasteiger partial charge on any atom is 0.416 e. The monoisotopic (exact) mass is 513 g/mol. The summed E-state index contributed by atoms with van der Waals surface area (Å²) in [5, 5.41) is 10.3. The number of alkyl halides is 6. The lowest BCUT2D eigenvalue weighted by Gasteiger charge is -2.15. The van der Waals surface area contributed by atoms with Crippen LogP contribution in [0.3, 0.4) is 0 Å². The first-order valence-electron chi connectivity index (χ1n) is 10.4. The fraction of sp³-hybridized carbons (Fsp3) is 0.273. The third-order valence-electron chi connectivity index (χ3n) is 4.57. The van der Waals surface area contributed by atoms with E-state index >= 15 is 0 Å². The van der Waals surface area contributed by atoms with E-state index in [9.17, 15) is 31.1 Å². The van der Waals surface area contributed by atoms with E-state index in [2.05, 4.69) is 30.9 Å². The summed E-state index contributed by atoms with van der Waals surface area (Å²) in [6.07, 6.45) is -8.39. The van der Waals surface area contributed by atoms with Gasteiger partial charge in [0, 0.05) is 31.0 Å². The number of carbonyl (C=O) groups excluding carboxylic acids is 1. The fourth-order valence-corrected chi connectivity index (χ4v) is 3.03. The molecule has 0 aliphatic carbocycles. The highest BCUT2D eigenvalue weighted by Crippen LogP contribution is 2.37. The van der Waals surface area contributed by atoms with E-state index in [0.717, 1.165) is 5.56 Å². The number of nitrogens with zero attached hydrogens (tertiary/aromatic N) is 3. The Morgan fingerprint density at radius 3 is 2.08 bits per heavy atom. The van der Waals surface area contributed by atoms with Crippen LogP contribution < -0.4 is 21.3 Å². The third-order valence-corrected chi connectivity index (χ3v) is 4.57. The van der Waals surface area contributed by atoms with Crippen LogP contribution in [0.4, 0.5) is 54.3 Å². The number of hydrogen-bond donors (Lipinski definition) is 4. The average molecular weight is 513 g/mol. The summed E-state index contributed by atoms with van der Waals surface area (Å²) in [7, 11) is 0. The Bertz CT molecular complexity index is 1200. The van der Waals surface area contributed by atoms with Crippen LogP contribution in [0.2, 0.25) is 0 Å². The number of nitrogens with one attached hydrogen (secondary N) is 4. The van der Waals surface area contributed by atoms with Crippen molar-refractivity contribution >= 4 is 29.2 Å². The molecule has 0 unspecified atom stereocenters. The van der Waals surface area contributed by atoms with E-state index in [1.165, 1.54) is 0 Å². The maximum absolute atomic E-state index is 13.0. The highest BCUT2D eigenvalue weighted by atomic mass is 19.4. The SMILES string of the molecule is Cc1ccnc(Nc2cc(NCCNC(=O)Nc3cc(C(F)(F)F)cc(C(F)(F)F)c3)nc(C)n2)c1. The van der Waals surface area contributed by atoms with E-state index < -0.39 is 35.2 Å². The van der Waals surface area contributed by atoms with Gasteiger partial charge in [0.1, 0.15) is 23.3 Å². The molecule has 0 fully saturated rings. The van der Waals surface area contributed by atoms with Crippen molar-refractivity contribution in [3.63, 3.8) is 0 Å². The van der Waals surface area contributed by atoms with Crippen molar-refractivity contribution in [3.05, 3.63) is 65.1 Å². The second-order valence-corrected chi connectivity index (χ2v) is 7.63. The summed E-state index contributed by atoms with van der Waals surface area (Å²) in [6, 6.07) is 5.14. The van der Waals surface area contributed by atoms with Gasteiger partial charge in [-0.25, -0.2) is 19.7 Å². The molecule has 4 N–H and O–H groups in total. The normalized spacial score (nSPS) is 11.7. The van der Waals surface area contributed by atoms with Crippen LogP contribution in [0.1, 0.15) is 22.5 Å². The molecule has 0 aliphatic rings. The number of hydrogen-bond acceptors (Lipinski definition) is 6. The first-order chi connectivity index (χ1) is 16.8. The van der Waals surface area contributed by atoms with Crippen molar-refractivity contribution in [2.24, 2.45) is 0 Å². The van der Waals surface area contributed by atoms with Crippen molar-refractivity contribution in [2.75, 3.05) is 29.0 Å². The summed E-state index contributed by atoms with van der Waals surface area (Å²) >= 11 is 0. The molecule has 0 saturated carbocycles. The highest BCUT2D eigenvalue weighted by molar-refractivity contribution is 5.89. The summed E-state index contributed by atoms with van der Waals surface area (Å²) in [4.78, 5) is 24.7. The molecule has 8 nitrogen and oxygen atoms in total. The van der Waals surface area contributed by atoms with Gasteiger partial charge in [-0.05, 0) is 49.7 Å². The van der Waals surface area contributed by atoms with Gasteiger partial charge >= 0.3 is 18.4 Å². The molecule has 0 saturated heterocycles. The number of rotatable bonds is 7. The number of urea groups is 1. The quantitative estimate of drug-likeness (QED) is 0.246. The Morgan fingerprint density at radius 2 is 1.47 bits per heavy atom. The van der Waals surface area contributed by atoms with Crippen LogP contribution in [0, 0.1) is 13.8 Å². The fourth-order valence-electron chi connectivity index (χ4n) is 3.03. The summed E-state index contributed by atoms with van der Waals surface area (Å²) < 4.78 is 77.7. The topological polar surface area (TPSA) is 104 Å². The molecular formula is C22H21F6N7O. The molecule has 3 rings (SSSR count). The second-order valence-electron chi connectivity index (χ2n) is 7.63. The Morgan fingerprint density at radius 1 is 0.833 bits per heavy atom. The molecule has 0 aliphatic heterocycles. The number of aryl methyl sites for hydroxylation is 2. The molecule has 0 spiro atoms. The first kappa shape index (κ1) is 26.5. The number of carbonyl (C=O) groups is 1. The summed E-state index contributed by atoms with van der Waals surface area (Å²) in [5.41, 5.74) is -2.70. The lowest BCUT2D eigenvalue weighted by atomic mass is 10.1. The van der Waals surface area contributed by atoms with Gasteiger partial charge in [0.2, 0.25) is 0 Å². The predicted molar refractivity (Wildman–Crippen MR) is 121 cm³/mol. The van der Waals surface area contributed by atoms with E-state index in [0.29, 0.717) is 35.4 Å². The third kappa shape index (κ3) is 7.71. The van der Waals surface area contributed by atoms with Crippen LogP contribution in [0.5, 0.6) is 0 Å². The van der Waals surface area contributed by atoms with Gasteiger partial charge in [-0.1, -0.05) is 0 Å². The van der Waals surface area contributed by atoms with E-state index in [-0.39, 0.29) is 19.2 Å². The van der Waals surface area contributed by atoms with E-state index in [4.69, 9.17) is 0 Å². The number of amides is 2. The van der Waals surface area contributed by atoms with Gasteiger partial charge < -0.3 is 21.3 Å². The molecule has 3 aromatic rings. The minimum atomic E-state index is -5.02. The van der Waals surface area contributed by atoms with Gasteiger partial charge in [0.15, 0.2) is 0 Å². The van der Waals surface area contributed by atoms with Crippen molar-refractivity contribution in [3.8, 4) is 0 Å². The average Bonchev–Trinajstić information content (AvgIpc) is 2.75. The van der Waals surface area contributed by atoms with E-state index in [1.807, 2.05) is 24.4 Å². The molecule has 1 aromatic carbocycles. The molecule has 0 atom stereocenters. The molecule has 36 heavy (non-hydrogen) atoms. The maximum atomic E-state index is 13.0. The summed E-state index contributed by atoms with van der Waals surface area (Å²) in [5.74, 6) is 1.93. The van der Waals surface area contributed by atoms with Crippen molar-refractivity contribution in [1.82, 2.24) is 20.3 Å². The van der Waals surface area contributed by atoms with Gasteiger partial charge in [0.05, 0.1) is 11.1 Å².